The lowest BCUT2D eigenvalue weighted by Gasteiger charge is -2.07. The number of hydrogen-bond acceptors (Lipinski definition) is 6. The van der Waals surface area contributed by atoms with Crippen molar-refractivity contribution in [3.8, 4) is 0 Å². The van der Waals surface area contributed by atoms with E-state index in [0.717, 1.165) is 0 Å². The monoisotopic (exact) mass is 298 g/mol. The van der Waals surface area contributed by atoms with Crippen LogP contribution < -0.4 is 0 Å². The number of rotatable bonds is 12. The van der Waals surface area contributed by atoms with E-state index in [0.29, 0.717) is 45.2 Å². The molecule has 0 fully saturated rings. The van der Waals surface area contributed by atoms with Gasteiger partial charge < -0.3 is 24.1 Å². The Balaban J connectivity index is 1.88. The summed E-state index contributed by atoms with van der Waals surface area (Å²) in [6.45, 7) is 2.70. The smallest absolute Gasteiger partial charge is 0.338 e. The van der Waals surface area contributed by atoms with Gasteiger partial charge in [-0.2, -0.15) is 0 Å². The molecule has 0 spiro atoms. The molecule has 0 radical (unpaired) electrons. The Labute approximate surface area is 124 Å². The average molecular weight is 298 g/mol. The highest BCUT2D eigenvalue weighted by molar-refractivity contribution is 5.89. The van der Waals surface area contributed by atoms with Gasteiger partial charge >= 0.3 is 5.97 Å². The van der Waals surface area contributed by atoms with E-state index >= 15 is 0 Å². The summed E-state index contributed by atoms with van der Waals surface area (Å²) in [6, 6.07) is 8.82. The van der Waals surface area contributed by atoms with Crippen LogP contribution in [0.2, 0.25) is 0 Å². The predicted octanol–water partition coefficient (Wildman–Crippen LogP) is 0.885. The molecular formula is C15H22O6. The summed E-state index contributed by atoms with van der Waals surface area (Å²) in [5.41, 5.74) is 0.531. The summed E-state index contributed by atoms with van der Waals surface area (Å²) in [7, 11) is 0. The van der Waals surface area contributed by atoms with Crippen molar-refractivity contribution < 1.29 is 28.8 Å². The highest BCUT2D eigenvalue weighted by Gasteiger charge is 2.04. The minimum atomic E-state index is -0.350. The van der Waals surface area contributed by atoms with Gasteiger partial charge in [0.1, 0.15) is 6.61 Å². The van der Waals surface area contributed by atoms with Crippen LogP contribution in [0.25, 0.3) is 0 Å². The summed E-state index contributed by atoms with van der Waals surface area (Å²) < 4.78 is 20.6. The molecule has 0 heterocycles. The number of benzene rings is 1. The maximum Gasteiger partial charge on any atom is 0.338 e. The Morgan fingerprint density at radius 3 is 1.90 bits per heavy atom. The van der Waals surface area contributed by atoms with Gasteiger partial charge in [0.05, 0.1) is 51.8 Å². The highest BCUT2D eigenvalue weighted by atomic mass is 16.6. The molecule has 6 heteroatoms. The van der Waals surface area contributed by atoms with Gasteiger partial charge in [0.15, 0.2) is 0 Å². The Bertz CT molecular complexity index is 368. The lowest BCUT2D eigenvalue weighted by Crippen LogP contribution is -2.14. The molecule has 0 aliphatic rings. The van der Waals surface area contributed by atoms with Crippen LogP contribution in [0.3, 0.4) is 0 Å². The molecule has 0 aromatic heterocycles. The second-order valence-corrected chi connectivity index (χ2v) is 4.06. The molecule has 0 bridgehead atoms. The minimum Gasteiger partial charge on any atom is -0.460 e. The first-order valence-electron chi connectivity index (χ1n) is 6.91. The molecule has 6 nitrogen and oxygen atoms in total. The van der Waals surface area contributed by atoms with Crippen molar-refractivity contribution in [3.05, 3.63) is 35.9 Å². The first kappa shape index (κ1) is 17.6. The normalized spacial score (nSPS) is 10.5. The number of esters is 1. The standard InChI is InChI=1S/C15H22O6/c16-6-7-18-8-9-19-10-11-20-12-13-21-15(17)14-4-2-1-3-5-14/h1-5,16H,6-13H2. The minimum absolute atomic E-state index is 0.0187. The zero-order valence-electron chi connectivity index (χ0n) is 12.0. The van der Waals surface area contributed by atoms with Crippen LogP contribution in [0, 0.1) is 0 Å². The van der Waals surface area contributed by atoms with Gasteiger partial charge in [-0.3, -0.25) is 0 Å². The molecular weight excluding hydrogens is 276 g/mol. The fourth-order valence-corrected chi connectivity index (χ4v) is 1.46. The van der Waals surface area contributed by atoms with E-state index in [9.17, 15) is 4.79 Å². The third-order valence-corrected chi connectivity index (χ3v) is 2.45. The summed E-state index contributed by atoms with van der Waals surface area (Å²) in [5, 5.41) is 8.48. The van der Waals surface area contributed by atoms with Gasteiger partial charge in [-0.1, -0.05) is 18.2 Å². The van der Waals surface area contributed by atoms with E-state index in [-0.39, 0.29) is 19.2 Å². The van der Waals surface area contributed by atoms with Crippen molar-refractivity contribution in [3.63, 3.8) is 0 Å². The molecule has 1 aromatic rings. The Morgan fingerprint density at radius 1 is 0.810 bits per heavy atom. The summed E-state index contributed by atoms with van der Waals surface area (Å²) in [6.07, 6.45) is 0. The highest BCUT2D eigenvalue weighted by Crippen LogP contribution is 2.00. The van der Waals surface area contributed by atoms with Crippen LogP contribution in [-0.2, 0) is 18.9 Å². The first-order valence-corrected chi connectivity index (χ1v) is 6.91. The van der Waals surface area contributed by atoms with Gasteiger partial charge in [-0.05, 0) is 12.1 Å². The Hall–Kier alpha value is -1.47. The zero-order chi connectivity index (χ0) is 15.2. The third kappa shape index (κ3) is 9.14. The number of aliphatic hydroxyl groups is 1. The van der Waals surface area contributed by atoms with Gasteiger partial charge in [-0.15, -0.1) is 0 Å². The zero-order valence-corrected chi connectivity index (χ0v) is 12.0. The van der Waals surface area contributed by atoms with E-state index in [2.05, 4.69) is 0 Å². The molecule has 0 aliphatic carbocycles. The van der Waals surface area contributed by atoms with E-state index in [4.69, 9.17) is 24.1 Å². The van der Waals surface area contributed by atoms with Crippen LogP contribution >= 0.6 is 0 Å². The predicted molar refractivity (Wildman–Crippen MR) is 76.3 cm³/mol. The lowest BCUT2D eigenvalue weighted by atomic mass is 10.2. The van der Waals surface area contributed by atoms with E-state index < -0.39 is 0 Å². The molecule has 0 saturated heterocycles. The topological polar surface area (TPSA) is 74.2 Å². The molecule has 118 valence electrons. The number of ether oxygens (including phenoxy) is 4. The maximum atomic E-state index is 11.6. The maximum absolute atomic E-state index is 11.6. The molecule has 1 aromatic carbocycles. The molecule has 0 saturated carbocycles. The Kier molecular flexibility index (Phi) is 10.3. The molecule has 0 aliphatic heterocycles. The summed E-state index contributed by atoms with van der Waals surface area (Å²) in [4.78, 5) is 11.6. The van der Waals surface area contributed by atoms with Gasteiger partial charge in [0, 0.05) is 0 Å². The van der Waals surface area contributed by atoms with Gasteiger partial charge in [0.2, 0.25) is 0 Å². The molecule has 21 heavy (non-hydrogen) atoms. The van der Waals surface area contributed by atoms with E-state index in [1.54, 1.807) is 24.3 Å². The number of aliphatic hydroxyl groups excluding tert-OH is 1. The summed E-state index contributed by atoms with van der Waals surface area (Å²) in [5.74, 6) is -0.350. The molecule has 1 N–H and O–H groups in total. The second kappa shape index (κ2) is 12.3. The molecule has 0 atom stereocenters. The first-order chi connectivity index (χ1) is 10.3. The third-order valence-electron chi connectivity index (χ3n) is 2.45. The van der Waals surface area contributed by atoms with Gasteiger partial charge in [-0.25, -0.2) is 4.79 Å². The van der Waals surface area contributed by atoms with Crippen molar-refractivity contribution in [1.82, 2.24) is 0 Å². The summed E-state index contributed by atoms with van der Waals surface area (Å²) >= 11 is 0. The number of carbonyl (C=O) groups is 1. The average Bonchev–Trinajstić information content (AvgIpc) is 2.53. The Morgan fingerprint density at radius 2 is 1.33 bits per heavy atom. The van der Waals surface area contributed by atoms with Crippen LogP contribution in [0.15, 0.2) is 30.3 Å². The van der Waals surface area contributed by atoms with Crippen LogP contribution in [-0.4, -0.2) is 63.9 Å². The van der Waals surface area contributed by atoms with Crippen molar-refractivity contribution in [2.45, 2.75) is 0 Å². The largest absolute Gasteiger partial charge is 0.460 e. The van der Waals surface area contributed by atoms with Crippen LogP contribution in [0.1, 0.15) is 10.4 Å². The van der Waals surface area contributed by atoms with Crippen molar-refractivity contribution >= 4 is 5.97 Å². The van der Waals surface area contributed by atoms with Crippen molar-refractivity contribution in [2.24, 2.45) is 0 Å². The van der Waals surface area contributed by atoms with Crippen molar-refractivity contribution in [1.29, 1.82) is 0 Å². The van der Waals surface area contributed by atoms with E-state index in [1.165, 1.54) is 0 Å². The number of carbonyl (C=O) groups excluding carboxylic acids is 1. The molecule has 0 amide bonds. The van der Waals surface area contributed by atoms with Crippen LogP contribution in [0.4, 0.5) is 0 Å². The van der Waals surface area contributed by atoms with Crippen LogP contribution in [0.5, 0.6) is 0 Å². The fourth-order valence-electron chi connectivity index (χ4n) is 1.46. The number of hydrogen-bond donors (Lipinski definition) is 1. The quantitative estimate of drug-likeness (QED) is 0.456. The van der Waals surface area contributed by atoms with Crippen molar-refractivity contribution in [2.75, 3.05) is 52.9 Å². The van der Waals surface area contributed by atoms with Gasteiger partial charge in [0.25, 0.3) is 0 Å². The molecule has 0 unspecified atom stereocenters. The SMILES string of the molecule is O=C(OCCOCCOCCOCCO)c1ccccc1. The fraction of sp³-hybridized carbons (Fsp3) is 0.533. The van der Waals surface area contributed by atoms with E-state index in [1.807, 2.05) is 6.07 Å². The lowest BCUT2D eigenvalue weighted by molar-refractivity contribution is -0.00313. The molecule has 1 rings (SSSR count). The second-order valence-electron chi connectivity index (χ2n) is 4.06.